The molecule has 144 valence electrons. The first-order valence-corrected chi connectivity index (χ1v) is 9.59. The van der Waals surface area contributed by atoms with Gasteiger partial charge in [0.2, 0.25) is 0 Å². The standard InChI is InChI=1S/C22H28N2O3/c1-13-10-11-18-16(12-13)19(15-8-6-7-9-17(15)23-18)21(26)27-14(2)20(25)24-22(3,4)5/h6-9,13-14H,10-12H2,1-5H3,(H,24,25)/t13-,14+/m1/s1. The summed E-state index contributed by atoms with van der Waals surface area (Å²) in [6, 6.07) is 7.63. The van der Waals surface area contributed by atoms with Crippen molar-refractivity contribution in [2.75, 3.05) is 0 Å². The molecule has 0 fully saturated rings. The smallest absolute Gasteiger partial charge is 0.339 e. The van der Waals surface area contributed by atoms with Gasteiger partial charge in [-0.1, -0.05) is 25.1 Å². The highest BCUT2D eigenvalue weighted by atomic mass is 16.5. The molecule has 2 aromatic rings. The highest BCUT2D eigenvalue weighted by Gasteiger charge is 2.29. The average molecular weight is 368 g/mol. The third-order valence-electron chi connectivity index (χ3n) is 4.86. The maximum atomic E-state index is 13.1. The minimum absolute atomic E-state index is 0.295. The number of benzene rings is 1. The molecular weight excluding hydrogens is 340 g/mol. The number of pyridine rings is 1. The van der Waals surface area contributed by atoms with Gasteiger partial charge in [0.05, 0.1) is 11.1 Å². The van der Waals surface area contributed by atoms with Crippen LogP contribution in [-0.4, -0.2) is 28.5 Å². The molecule has 0 bridgehead atoms. The zero-order chi connectivity index (χ0) is 19.8. The lowest BCUT2D eigenvalue weighted by molar-refractivity contribution is -0.130. The van der Waals surface area contributed by atoms with Crippen LogP contribution in [0.25, 0.3) is 10.9 Å². The molecule has 3 rings (SSSR count). The zero-order valence-corrected chi connectivity index (χ0v) is 16.8. The van der Waals surface area contributed by atoms with Gasteiger partial charge in [-0.3, -0.25) is 9.78 Å². The van der Waals surface area contributed by atoms with Crippen LogP contribution in [0.15, 0.2) is 24.3 Å². The monoisotopic (exact) mass is 368 g/mol. The van der Waals surface area contributed by atoms with Crippen LogP contribution >= 0.6 is 0 Å². The maximum Gasteiger partial charge on any atom is 0.339 e. The number of ether oxygens (including phenoxy) is 1. The molecule has 0 saturated heterocycles. The van der Waals surface area contributed by atoms with Crippen molar-refractivity contribution >= 4 is 22.8 Å². The molecule has 5 nitrogen and oxygen atoms in total. The second kappa shape index (κ2) is 7.29. The minimum atomic E-state index is -0.861. The number of carbonyl (C=O) groups excluding carboxylic acids is 2. The molecule has 0 aliphatic heterocycles. The van der Waals surface area contributed by atoms with Gasteiger partial charge in [-0.2, -0.15) is 0 Å². The molecule has 1 N–H and O–H groups in total. The summed E-state index contributed by atoms with van der Waals surface area (Å²) < 4.78 is 5.57. The van der Waals surface area contributed by atoms with E-state index in [0.717, 1.165) is 41.4 Å². The molecule has 0 saturated carbocycles. The Balaban J connectivity index is 1.96. The summed E-state index contributed by atoms with van der Waals surface area (Å²) in [5.74, 6) is -0.249. The van der Waals surface area contributed by atoms with Crippen LogP contribution in [0.3, 0.4) is 0 Å². The number of hydrogen-bond acceptors (Lipinski definition) is 4. The van der Waals surface area contributed by atoms with Gasteiger partial charge in [0.25, 0.3) is 5.91 Å². The Morgan fingerprint density at radius 3 is 2.67 bits per heavy atom. The van der Waals surface area contributed by atoms with Crippen molar-refractivity contribution in [3.8, 4) is 0 Å². The molecule has 0 unspecified atom stereocenters. The first kappa shape index (κ1) is 19.3. The molecule has 5 heteroatoms. The first-order chi connectivity index (χ1) is 12.7. The van der Waals surface area contributed by atoms with Gasteiger partial charge in [0.15, 0.2) is 6.10 Å². The molecule has 1 aromatic heterocycles. The van der Waals surface area contributed by atoms with Crippen molar-refractivity contribution in [1.29, 1.82) is 0 Å². The molecule has 0 spiro atoms. The van der Waals surface area contributed by atoms with Gasteiger partial charge in [-0.15, -0.1) is 0 Å². The van der Waals surface area contributed by atoms with E-state index in [-0.39, 0.29) is 11.4 Å². The van der Waals surface area contributed by atoms with Gasteiger partial charge < -0.3 is 10.1 Å². The van der Waals surface area contributed by atoms with Gasteiger partial charge in [0, 0.05) is 16.6 Å². The molecule has 0 radical (unpaired) electrons. The van der Waals surface area contributed by atoms with E-state index in [9.17, 15) is 9.59 Å². The fourth-order valence-corrected chi connectivity index (χ4v) is 3.54. The Hall–Kier alpha value is -2.43. The van der Waals surface area contributed by atoms with Crippen LogP contribution in [0.2, 0.25) is 0 Å². The number of para-hydroxylation sites is 1. The highest BCUT2D eigenvalue weighted by Crippen LogP contribution is 2.32. The molecule has 1 aliphatic rings. The number of fused-ring (bicyclic) bond motifs is 2. The SMILES string of the molecule is C[C@@H]1CCc2nc3ccccc3c(C(=O)O[C@@H](C)C(=O)NC(C)(C)C)c2C1. The fraction of sp³-hybridized carbons (Fsp3) is 0.500. The van der Waals surface area contributed by atoms with E-state index >= 15 is 0 Å². The van der Waals surface area contributed by atoms with E-state index in [0.29, 0.717) is 11.5 Å². The lowest BCUT2D eigenvalue weighted by Crippen LogP contribution is -2.46. The van der Waals surface area contributed by atoms with E-state index in [1.165, 1.54) is 0 Å². The summed E-state index contributed by atoms with van der Waals surface area (Å²) in [6.07, 6.45) is 1.87. The second-order valence-corrected chi connectivity index (χ2v) is 8.56. The maximum absolute atomic E-state index is 13.1. The second-order valence-electron chi connectivity index (χ2n) is 8.56. The van der Waals surface area contributed by atoms with Gasteiger partial charge in [-0.05, 0) is 64.5 Å². The van der Waals surface area contributed by atoms with Crippen LogP contribution in [0, 0.1) is 5.92 Å². The van der Waals surface area contributed by atoms with Crippen molar-refractivity contribution in [2.45, 2.75) is 65.5 Å². The zero-order valence-electron chi connectivity index (χ0n) is 16.8. The van der Waals surface area contributed by atoms with E-state index < -0.39 is 12.1 Å². The molecule has 1 aliphatic carbocycles. The van der Waals surface area contributed by atoms with Crippen molar-refractivity contribution in [2.24, 2.45) is 5.92 Å². The topological polar surface area (TPSA) is 68.3 Å². The van der Waals surface area contributed by atoms with Crippen LogP contribution < -0.4 is 5.32 Å². The number of aromatic nitrogens is 1. The number of carbonyl (C=O) groups is 2. The molecule has 2 atom stereocenters. The van der Waals surface area contributed by atoms with Gasteiger partial charge in [-0.25, -0.2) is 4.79 Å². The Labute approximate surface area is 160 Å². The van der Waals surface area contributed by atoms with E-state index in [1.807, 2.05) is 45.0 Å². The third kappa shape index (κ3) is 4.29. The number of amides is 1. The van der Waals surface area contributed by atoms with Gasteiger partial charge >= 0.3 is 5.97 Å². The van der Waals surface area contributed by atoms with Crippen molar-refractivity contribution in [3.63, 3.8) is 0 Å². The van der Waals surface area contributed by atoms with Crippen LogP contribution in [-0.2, 0) is 22.4 Å². The van der Waals surface area contributed by atoms with E-state index in [1.54, 1.807) is 6.92 Å². The predicted octanol–water partition coefficient (Wildman–Crippen LogP) is 3.82. The molecule has 1 heterocycles. The molecular formula is C22H28N2O3. The van der Waals surface area contributed by atoms with E-state index in [2.05, 4.69) is 12.2 Å². The molecule has 1 aromatic carbocycles. The van der Waals surface area contributed by atoms with Crippen molar-refractivity contribution < 1.29 is 14.3 Å². The lowest BCUT2D eigenvalue weighted by Gasteiger charge is -2.25. The lowest BCUT2D eigenvalue weighted by atomic mass is 9.84. The quantitative estimate of drug-likeness (QED) is 0.836. The van der Waals surface area contributed by atoms with Crippen LogP contribution in [0.5, 0.6) is 0 Å². The molecule has 27 heavy (non-hydrogen) atoms. The molecule has 1 amide bonds. The number of aryl methyl sites for hydroxylation is 1. The van der Waals surface area contributed by atoms with Crippen molar-refractivity contribution in [1.82, 2.24) is 10.3 Å². The number of nitrogens with one attached hydrogen (secondary N) is 1. The Morgan fingerprint density at radius 1 is 1.26 bits per heavy atom. The summed E-state index contributed by atoms with van der Waals surface area (Å²) in [5.41, 5.74) is 2.93. The third-order valence-corrected chi connectivity index (χ3v) is 4.86. The summed E-state index contributed by atoms with van der Waals surface area (Å²) in [5, 5.41) is 3.64. The predicted molar refractivity (Wildman–Crippen MR) is 106 cm³/mol. The number of esters is 1. The number of rotatable bonds is 3. The van der Waals surface area contributed by atoms with Crippen molar-refractivity contribution in [3.05, 3.63) is 41.1 Å². The largest absolute Gasteiger partial charge is 0.449 e. The Bertz CT molecular complexity index is 883. The van der Waals surface area contributed by atoms with Crippen LogP contribution in [0.1, 0.15) is 62.7 Å². The number of hydrogen-bond donors (Lipinski definition) is 1. The first-order valence-electron chi connectivity index (χ1n) is 9.59. The summed E-state index contributed by atoms with van der Waals surface area (Å²) in [7, 11) is 0. The fourth-order valence-electron chi connectivity index (χ4n) is 3.54. The van der Waals surface area contributed by atoms with Gasteiger partial charge in [0.1, 0.15) is 0 Å². The Kier molecular flexibility index (Phi) is 5.22. The normalized spacial score (nSPS) is 17.9. The average Bonchev–Trinajstić information content (AvgIpc) is 2.58. The highest BCUT2D eigenvalue weighted by molar-refractivity contribution is 6.05. The Morgan fingerprint density at radius 2 is 1.96 bits per heavy atom. The number of nitrogens with zero attached hydrogens (tertiary/aromatic N) is 1. The van der Waals surface area contributed by atoms with Crippen LogP contribution in [0.4, 0.5) is 0 Å². The summed E-state index contributed by atoms with van der Waals surface area (Å²) in [4.78, 5) is 30.2. The van der Waals surface area contributed by atoms with E-state index in [4.69, 9.17) is 9.72 Å². The summed E-state index contributed by atoms with van der Waals surface area (Å²) in [6.45, 7) is 9.48. The summed E-state index contributed by atoms with van der Waals surface area (Å²) >= 11 is 0. The minimum Gasteiger partial charge on any atom is -0.449 e.